The maximum absolute atomic E-state index is 5.57. The predicted octanol–water partition coefficient (Wildman–Crippen LogP) is 1.73. The summed E-state index contributed by atoms with van der Waals surface area (Å²) in [5.41, 5.74) is 6.45. The Balaban J connectivity index is 2.59. The maximum atomic E-state index is 5.57. The molecule has 1 aromatic carbocycles. The minimum absolute atomic E-state index is 0.472. The van der Waals surface area contributed by atoms with Gasteiger partial charge in [0.05, 0.1) is 23.5 Å². The lowest BCUT2D eigenvalue weighted by Gasteiger charge is -2.15. The highest BCUT2D eigenvalue weighted by atomic mass is 16.5. The second-order valence-electron chi connectivity index (χ2n) is 4.33. The van der Waals surface area contributed by atoms with Gasteiger partial charge >= 0.3 is 0 Å². The number of fused-ring (bicyclic) bond motifs is 1. The van der Waals surface area contributed by atoms with Gasteiger partial charge < -0.3 is 15.1 Å². The van der Waals surface area contributed by atoms with E-state index in [-0.39, 0.29) is 0 Å². The minimum atomic E-state index is 0.472. The first-order valence-corrected chi connectivity index (χ1v) is 5.72. The van der Waals surface area contributed by atoms with E-state index in [2.05, 4.69) is 16.5 Å². The van der Waals surface area contributed by atoms with Crippen LogP contribution >= 0.6 is 0 Å². The van der Waals surface area contributed by atoms with Gasteiger partial charge in [-0.25, -0.2) is 0 Å². The number of nitrogens with one attached hydrogen (secondary N) is 1. The zero-order chi connectivity index (χ0) is 13.1. The number of rotatable bonds is 4. The van der Waals surface area contributed by atoms with Gasteiger partial charge in [-0.05, 0) is 24.3 Å². The van der Waals surface area contributed by atoms with E-state index in [4.69, 9.17) is 10.6 Å². The molecule has 96 valence electrons. The van der Waals surface area contributed by atoms with E-state index in [0.29, 0.717) is 6.61 Å². The van der Waals surface area contributed by atoms with Gasteiger partial charge in [-0.1, -0.05) is 0 Å². The monoisotopic (exact) mass is 246 g/mol. The third-order valence-corrected chi connectivity index (χ3v) is 2.81. The van der Waals surface area contributed by atoms with Crippen molar-refractivity contribution in [1.29, 1.82) is 0 Å². The SMILES string of the molecule is COCc1cc(NN)c2cc(N(C)C)ccc2n1. The van der Waals surface area contributed by atoms with Crippen LogP contribution in [0.2, 0.25) is 0 Å². The summed E-state index contributed by atoms with van der Waals surface area (Å²) in [6.07, 6.45) is 0. The number of anilines is 2. The maximum Gasteiger partial charge on any atom is 0.0885 e. The predicted molar refractivity (Wildman–Crippen MR) is 74.6 cm³/mol. The molecule has 0 fully saturated rings. The van der Waals surface area contributed by atoms with Crippen molar-refractivity contribution in [1.82, 2.24) is 4.98 Å². The number of nitrogens with two attached hydrogens (primary N) is 1. The average Bonchev–Trinajstić information content (AvgIpc) is 2.37. The van der Waals surface area contributed by atoms with Crippen LogP contribution in [-0.2, 0) is 11.3 Å². The fraction of sp³-hybridized carbons (Fsp3) is 0.308. The molecular formula is C13H18N4O. The lowest BCUT2D eigenvalue weighted by atomic mass is 10.1. The number of nitrogens with zero attached hydrogens (tertiary/aromatic N) is 2. The quantitative estimate of drug-likeness (QED) is 0.635. The van der Waals surface area contributed by atoms with Crippen molar-refractivity contribution in [2.45, 2.75) is 6.61 Å². The first kappa shape index (κ1) is 12.6. The molecule has 0 saturated heterocycles. The van der Waals surface area contributed by atoms with E-state index in [1.165, 1.54) is 0 Å². The van der Waals surface area contributed by atoms with Gasteiger partial charge in [0.15, 0.2) is 0 Å². The number of ether oxygens (including phenoxy) is 1. The molecule has 0 aliphatic carbocycles. The van der Waals surface area contributed by atoms with Crippen LogP contribution in [0.1, 0.15) is 5.69 Å². The molecular weight excluding hydrogens is 228 g/mol. The minimum Gasteiger partial charge on any atom is -0.378 e. The fourth-order valence-electron chi connectivity index (χ4n) is 1.89. The summed E-state index contributed by atoms with van der Waals surface area (Å²) in [4.78, 5) is 6.58. The van der Waals surface area contributed by atoms with E-state index in [1.54, 1.807) is 7.11 Å². The lowest BCUT2D eigenvalue weighted by Crippen LogP contribution is -2.11. The standard InChI is InChI=1S/C13H18N4O/c1-17(2)10-4-5-12-11(7-10)13(16-14)6-9(15-12)8-18-3/h4-7H,8,14H2,1-3H3,(H,15,16). The second kappa shape index (κ2) is 5.20. The Kier molecular flexibility index (Phi) is 3.64. The second-order valence-corrected chi connectivity index (χ2v) is 4.33. The normalized spacial score (nSPS) is 10.7. The number of nitrogen functional groups attached to an aromatic ring is 1. The van der Waals surface area contributed by atoms with Crippen molar-refractivity contribution in [3.05, 3.63) is 30.0 Å². The molecule has 0 bridgehead atoms. The Hall–Kier alpha value is -1.85. The molecule has 2 aromatic rings. The summed E-state index contributed by atoms with van der Waals surface area (Å²) < 4.78 is 5.10. The summed E-state index contributed by atoms with van der Waals surface area (Å²) in [5.74, 6) is 5.57. The van der Waals surface area contributed by atoms with Gasteiger partial charge in [0, 0.05) is 32.3 Å². The van der Waals surface area contributed by atoms with Gasteiger partial charge in [0.1, 0.15) is 0 Å². The molecule has 1 heterocycles. The molecule has 0 spiro atoms. The van der Waals surface area contributed by atoms with E-state index < -0.39 is 0 Å². The number of aromatic nitrogens is 1. The first-order valence-electron chi connectivity index (χ1n) is 5.72. The van der Waals surface area contributed by atoms with E-state index >= 15 is 0 Å². The van der Waals surface area contributed by atoms with Crippen LogP contribution in [0, 0.1) is 0 Å². The Morgan fingerprint density at radius 1 is 1.33 bits per heavy atom. The average molecular weight is 246 g/mol. The zero-order valence-corrected chi connectivity index (χ0v) is 10.9. The van der Waals surface area contributed by atoms with Crippen molar-refractivity contribution in [2.24, 2.45) is 5.84 Å². The number of methoxy groups -OCH3 is 1. The smallest absolute Gasteiger partial charge is 0.0885 e. The zero-order valence-electron chi connectivity index (χ0n) is 10.9. The van der Waals surface area contributed by atoms with Gasteiger partial charge in [0.2, 0.25) is 0 Å². The van der Waals surface area contributed by atoms with Gasteiger partial charge in [-0.2, -0.15) is 0 Å². The fourth-order valence-corrected chi connectivity index (χ4v) is 1.89. The Labute approximate surface area is 107 Å². The highest BCUT2D eigenvalue weighted by molar-refractivity contribution is 5.93. The molecule has 0 amide bonds. The highest BCUT2D eigenvalue weighted by Gasteiger charge is 2.07. The summed E-state index contributed by atoms with van der Waals surface area (Å²) in [5, 5.41) is 1.00. The molecule has 1 aromatic heterocycles. The molecule has 0 aliphatic rings. The van der Waals surface area contributed by atoms with E-state index in [9.17, 15) is 0 Å². The van der Waals surface area contributed by atoms with Crippen LogP contribution in [0.25, 0.3) is 10.9 Å². The topological polar surface area (TPSA) is 63.4 Å². The van der Waals surface area contributed by atoms with Crippen LogP contribution in [0.15, 0.2) is 24.3 Å². The van der Waals surface area contributed by atoms with E-state index in [0.717, 1.165) is 28.0 Å². The lowest BCUT2D eigenvalue weighted by molar-refractivity contribution is 0.182. The molecule has 0 atom stereocenters. The van der Waals surface area contributed by atoms with Gasteiger partial charge in [-0.3, -0.25) is 10.8 Å². The molecule has 3 N–H and O–H groups in total. The summed E-state index contributed by atoms with van der Waals surface area (Å²) >= 11 is 0. The third-order valence-electron chi connectivity index (χ3n) is 2.81. The van der Waals surface area contributed by atoms with Crippen LogP contribution in [0.3, 0.4) is 0 Å². The summed E-state index contributed by atoms with van der Waals surface area (Å²) in [6, 6.07) is 8.00. The number of pyridine rings is 1. The summed E-state index contributed by atoms with van der Waals surface area (Å²) in [6.45, 7) is 0.472. The van der Waals surface area contributed by atoms with Crippen molar-refractivity contribution in [3.63, 3.8) is 0 Å². The number of hydrogen-bond acceptors (Lipinski definition) is 5. The third kappa shape index (κ3) is 2.37. The van der Waals surface area contributed by atoms with Crippen LogP contribution in [0.5, 0.6) is 0 Å². The van der Waals surface area contributed by atoms with Gasteiger partial charge in [-0.15, -0.1) is 0 Å². The van der Waals surface area contributed by atoms with Gasteiger partial charge in [0.25, 0.3) is 0 Å². The Bertz CT molecular complexity index is 554. The molecule has 0 saturated carbocycles. The molecule has 18 heavy (non-hydrogen) atoms. The van der Waals surface area contributed by atoms with Crippen molar-refractivity contribution >= 4 is 22.3 Å². The number of hydrazine groups is 1. The van der Waals surface area contributed by atoms with Crippen LogP contribution in [0.4, 0.5) is 11.4 Å². The van der Waals surface area contributed by atoms with Crippen LogP contribution in [-0.4, -0.2) is 26.2 Å². The Morgan fingerprint density at radius 3 is 2.72 bits per heavy atom. The van der Waals surface area contributed by atoms with Crippen molar-refractivity contribution < 1.29 is 4.74 Å². The molecule has 0 radical (unpaired) electrons. The largest absolute Gasteiger partial charge is 0.378 e. The van der Waals surface area contributed by atoms with E-state index in [1.807, 2.05) is 37.2 Å². The van der Waals surface area contributed by atoms with Crippen molar-refractivity contribution in [3.8, 4) is 0 Å². The molecule has 2 rings (SSSR count). The Morgan fingerprint density at radius 2 is 2.11 bits per heavy atom. The first-order chi connectivity index (χ1) is 8.65. The van der Waals surface area contributed by atoms with Crippen molar-refractivity contribution in [2.75, 3.05) is 31.5 Å². The molecule has 0 aliphatic heterocycles. The molecule has 5 heteroatoms. The molecule has 5 nitrogen and oxygen atoms in total. The molecule has 0 unspecified atom stereocenters. The number of benzene rings is 1. The highest BCUT2D eigenvalue weighted by Crippen LogP contribution is 2.26. The summed E-state index contributed by atoms with van der Waals surface area (Å²) in [7, 11) is 5.66. The van der Waals surface area contributed by atoms with Crippen LogP contribution < -0.4 is 16.2 Å². The number of hydrogen-bond donors (Lipinski definition) is 2.